The van der Waals surface area contributed by atoms with E-state index in [9.17, 15) is 13.2 Å². The third-order valence-electron chi connectivity index (χ3n) is 4.60. The van der Waals surface area contributed by atoms with E-state index in [1.54, 1.807) is 0 Å². The molecular weight excluding hydrogens is 496 g/mol. The lowest BCUT2D eigenvalue weighted by Crippen LogP contribution is -2.48. The first-order valence-electron chi connectivity index (χ1n) is 9.97. The highest BCUT2D eigenvalue weighted by atomic mass is 127. The number of rotatable bonds is 8. The molecule has 1 saturated heterocycles. The summed E-state index contributed by atoms with van der Waals surface area (Å²) >= 11 is 0. The van der Waals surface area contributed by atoms with Crippen LogP contribution in [0.4, 0.5) is 19.0 Å². The number of aromatic nitrogens is 1. The first-order chi connectivity index (χ1) is 13.4. The van der Waals surface area contributed by atoms with Crippen molar-refractivity contribution in [2.75, 3.05) is 44.6 Å². The molecule has 1 aliphatic rings. The summed E-state index contributed by atoms with van der Waals surface area (Å²) in [4.78, 5) is 10.7. The molecule has 0 aliphatic carbocycles. The zero-order valence-electron chi connectivity index (χ0n) is 17.1. The van der Waals surface area contributed by atoms with Crippen LogP contribution in [-0.4, -0.2) is 61.2 Å². The minimum absolute atomic E-state index is 0. The average molecular weight is 528 g/mol. The fraction of sp³-hybridized carbons (Fsp3) is 0.684. The molecule has 0 spiro atoms. The first kappa shape index (κ1) is 25.7. The van der Waals surface area contributed by atoms with Crippen molar-refractivity contribution in [3.8, 4) is 0 Å². The number of likely N-dealkylation sites (tertiary alicyclic amines) is 1. The van der Waals surface area contributed by atoms with Crippen molar-refractivity contribution in [1.82, 2.24) is 20.5 Å². The first-order valence-corrected chi connectivity index (χ1v) is 9.97. The van der Waals surface area contributed by atoms with Gasteiger partial charge in [0.25, 0.3) is 0 Å². The van der Waals surface area contributed by atoms with Gasteiger partial charge in [-0.05, 0) is 44.9 Å². The molecule has 1 aromatic heterocycles. The van der Waals surface area contributed by atoms with Gasteiger partial charge < -0.3 is 20.9 Å². The topological polar surface area (TPSA) is 64.6 Å². The minimum Gasteiger partial charge on any atom is -0.368 e. The summed E-state index contributed by atoms with van der Waals surface area (Å²) in [5.41, 5.74) is -0.761. The van der Waals surface area contributed by atoms with Gasteiger partial charge in [0.2, 0.25) is 0 Å². The maximum absolute atomic E-state index is 13.0. The van der Waals surface area contributed by atoms with Crippen molar-refractivity contribution in [2.45, 2.75) is 45.3 Å². The molecular formula is C19H32F3IN6. The maximum atomic E-state index is 13.0. The summed E-state index contributed by atoms with van der Waals surface area (Å²) in [7, 11) is 0. The Labute approximate surface area is 188 Å². The number of hydrogen-bond donors (Lipinski definition) is 3. The largest absolute Gasteiger partial charge is 0.419 e. The highest BCUT2D eigenvalue weighted by molar-refractivity contribution is 14.0. The van der Waals surface area contributed by atoms with Gasteiger partial charge in [-0.2, -0.15) is 13.2 Å². The van der Waals surface area contributed by atoms with Crippen molar-refractivity contribution in [1.29, 1.82) is 0 Å². The normalized spacial score (nSPS) is 16.2. The van der Waals surface area contributed by atoms with Gasteiger partial charge in [0.15, 0.2) is 5.96 Å². The van der Waals surface area contributed by atoms with E-state index in [-0.39, 0.29) is 36.3 Å². The lowest BCUT2D eigenvalue weighted by molar-refractivity contribution is -0.137. The number of piperidine rings is 1. The third-order valence-corrected chi connectivity index (χ3v) is 4.60. The molecule has 0 saturated carbocycles. The standard InChI is InChI=1S/C19H31F3N6.HI/c1-3-12-28-13-7-15(8-14-28)27-18(23-4-2)26-11-10-25-17-16(19(20,21)22)6-5-9-24-17;/h5-6,9,15H,3-4,7-8,10-14H2,1-2H3,(H,24,25)(H2,23,26,27);1H. The molecule has 0 atom stereocenters. The summed E-state index contributed by atoms with van der Waals surface area (Å²) in [6.45, 7) is 8.81. The van der Waals surface area contributed by atoms with E-state index in [0.29, 0.717) is 18.5 Å². The van der Waals surface area contributed by atoms with Crippen LogP contribution in [0.5, 0.6) is 0 Å². The summed E-state index contributed by atoms with van der Waals surface area (Å²) < 4.78 is 39.0. The molecule has 3 N–H and O–H groups in total. The van der Waals surface area contributed by atoms with Crippen LogP contribution >= 0.6 is 24.0 Å². The van der Waals surface area contributed by atoms with E-state index in [1.165, 1.54) is 18.7 Å². The summed E-state index contributed by atoms with van der Waals surface area (Å²) in [5.74, 6) is 0.543. The Morgan fingerprint density at radius 2 is 2.00 bits per heavy atom. The van der Waals surface area contributed by atoms with Crippen molar-refractivity contribution in [2.24, 2.45) is 4.99 Å². The van der Waals surface area contributed by atoms with Crippen LogP contribution in [-0.2, 0) is 6.18 Å². The van der Waals surface area contributed by atoms with Crippen molar-refractivity contribution in [3.05, 3.63) is 23.9 Å². The van der Waals surface area contributed by atoms with E-state index in [4.69, 9.17) is 0 Å². The number of guanidine groups is 1. The second-order valence-corrected chi connectivity index (χ2v) is 6.85. The predicted octanol–water partition coefficient (Wildman–Crippen LogP) is 3.56. The van der Waals surface area contributed by atoms with Gasteiger partial charge in [-0.1, -0.05) is 6.92 Å². The summed E-state index contributed by atoms with van der Waals surface area (Å²) in [6, 6.07) is 2.67. The number of aliphatic imine (C=N–C) groups is 1. The Bertz CT molecular complexity index is 618. The Kier molecular flexibility index (Phi) is 11.6. The van der Waals surface area contributed by atoms with Crippen LogP contribution in [0.1, 0.15) is 38.7 Å². The van der Waals surface area contributed by atoms with Crippen LogP contribution in [0.2, 0.25) is 0 Å². The maximum Gasteiger partial charge on any atom is 0.419 e. The molecule has 166 valence electrons. The monoisotopic (exact) mass is 528 g/mol. The smallest absolute Gasteiger partial charge is 0.368 e. The molecule has 0 bridgehead atoms. The van der Waals surface area contributed by atoms with Crippen molar-refractivity contribution in [3.63, 3.8) is 0 Å². The van der Waals surface area contributed by atoms with Gasteiger partial charge in [0, 0.05) is 38.4 Å². The van der Waals surface area contributed by atoms with Gasteiger partial charge in [-0.3, -0.25) is 4.99 Å². The van der Waals surface area contributed by atoms with Crippen LogP contribution in [0.3, 0.4) is 0 Å². The molecule has 1 aromatic rings. The fourth-order valence-corrected chi connectivity index (χ4v) is 3.25. The fourth-order valence-electron chi connectivity index (χ4n) is 3.25. The van der Waals surface area contributed by atoms with Crippen LogP contribution in [0.25, 0.3) is 0 Å². The number of halogens is 4. The minimum atomic E-state index is -4.43. The Morgan fingerprint density at radius 1 is 1.28 bits per heavy atom. The Hall–Kier alpha value is -1.30. The molecule has 0 radical (unpaired) electrons. The van der Waals surface area contributed by atoms with Gasteiger partial charge in [0.05, 0.1) is 12.1 Å². The van der Waals surface area contributed by atoms with E-state index in [0.717, 1.165) is 45.1 Å². The number of nitrogens with zero attached hydrogens (tertiary/aromatic N) is 3. The Morgan fingerprint density at radius 3 is 2.62 bits per heavy atom. The summed E-state index contributed by atoms with van der Waals surface area (Å²) in [5, 5.41) is 9.39. The van der Waals surface area contributed by atoms with E-state index in [1.807, 2.05) is 6.92 Å². The van der Waals surface area contributed by atoms with E-state index < -0.39 is 11.7 Å². The molecule has 1 aliphatic heterocycles. The van der Waals surface area contributed by atoms with E-state index >= 15 is 0 Å². The van der Waals surface area contributed by atoms with Crippen molar-refractivity contribution >= 4 is 35.8 Å². The second-order valence-electron chi connectivity index (χ2n) is 6.85. The van der Waals surface area contributed by atoms with Crippen LogP contribution < -0.4 is 16.0 Å². The molecule has 2 rings (SSSR count). The van der Waals surface area contributed by atoms with Crippen LogP contribution in [0, 0.1) is 0 Å². The number of anilines is 1. The second kappa shape index (κ2) is 13.1. The average Bonchev–Trinajstić information content (AvgIpc) is 2.66. The van der Waals surface area contributed by atoms with Crippen LogP contribution in [0.15, 0.2) is 23.3 Å². The van der Waals surface area contributed by atoms with Gasteiger partial charge in [0.1, 0.15) is 5.82 Å². The highest BCUT2D eigenvalue weighted by Gasteiger charge is 2.33. The number of nitrogens with one attached hydrogen (secondary N) is 3. The zero-order valence-corrected chi connectivity index (χ0v) is 19.4. The molecule has 0 unspecified atom stereocenters. The highest BCUT2D eigenvalue weighted by Crippen LogP contribution is 2.33. The lowest BCUT2D eigenvalue weighted by Gasteiger charge is -2.32. The Balaban J connectivity index is 0.00000420. The van der Waals surface area contributed by atoms with E-state index in [2.05, 4.69) is 37.8 Å². The molecule has 1 fully saturated rings. The predicted molar refractivity (Wildman–Crippen MR) is 122 cm³/mol. The zero-order chi connectivity index (χ0) is 20.4. The molecule has 10 heteroatoms. The molecule has 29 heavy (non-hydrogen) atoms. The SMILES string of the molecule is CCCN1CCC(NC(=NCCNc2ncccc2C(F)(F)F)NCC)CC1.I. The number of pyridine rings is 1. The van der Waals surface area contributed by atoms with Gasteiger partial charge in [-0.25, -0.2) is 4.98 Å². The quantitative estimate of drug-likeness (QED) is 0.209. The molecule has 0 aromatic carbocycles. The third kappa shape index (κ3) is 8.93. The molecule has 0 amide bonds. The number of hydrogen-bond acceptors (Lipinski definition) is 4. The van der Waals surface area contributed by atoms with Gasteiger partial charge >= 0.3 is 6.18 Å². The molecule has 2 heterocycles. The molecule has 6 nitrogen and oxygen atoms in total. The summed E-state index contributed by atoms with van der Waals surface area (Å²) in [6.07, 6.45) is 0.207. The lowest BCUT2D eigenvalue weighted by atomic mass is 10.1. The van der Waals surface area contributed by atoms with Crippen molar-refractivity contribution < 1.29 is 13.2 Å². The number of alkyl halides is 3. The van der Waals surface area contributed by atoms with Gasteiger partial charge in [-0.15, -0.1) is 24.0 Å².